The predicted molar refractivity (Wildman–Crippen MR) is 98.6 cm³/mol. The maximum absolute atomic E-state index is 4.62. The van der Waals surface area contributed by atoms with Crippen molar-refractivity contribution in [2.45, 2.75) is 26.3 Å². The van der Waals surface area contributed by atoms with Crippen LogP contribution >= 0.6 is 11.3 Å². The highest BCUT2D eigenvalue weighted by Crippen LogP contribution is 2.29. The minimum atomic E-state index is 0.583. The molecular weight excluding hydrogens is 318 g/mol. The first-order valence-electron chi connectivity index (χ1n) is 8.42. The Labute approximate surface area is 145 Å². The molecule has 1 N–H and O–H groups in total. The molecule has 0 unspecified atom stereocenters. The molecule has 0 bridgehead atoms. The summed E-state index contributed by atoms with van der Waals surface area (Å²) in [7, 11) is 0. The average Bonchev–Trinajstić information content (AvgIpc) is 2.99. The minimum absolute atomic E-state index is 0.583. The fraction of sp³-hybridized carbons (Fsp3) is 0.389. The lowest BCUT2D eigenvalue weighted by Crippen LogP contribution is -2.32. The summed E-state index contributed by atoms with van der Waals surface area (Å²) in [6.07, 6.45) is 6.07. The molecule has 1 aliphatic rings. The van der Waals surface area contributed by atoms with Crippen molar-refractivity contribution in [2.75, 3.05) is 18.4 Å². The van der Waals surface area contributed by atoms with Crippen molar-refractivity contribution in [3.63, 3.8) is 0 Å². The highest BCUT2D eigenvalue weighted by Gasteiger charge is 2.16. The quantitative estimate of drug-likeness (QED) is 0.777. The summed E-state index contributed by atoms with van der Waals surface area (Å²) in [5.41, 5.74) is 2.39. The summed E-state index contributed by atoms with van der Waals surface area (Å²) >= 11 is 1.65. The van der Waals surface area contributed by atoms with E-state index < -0.39 is 0 Å². The molecule has 5 nitrogen and oxygen atoms in total. The van der Waals surface area contributed by atoms with Crippen LogP contribution in [0.1, 0.15) is 25.3 Å². The lowest BCUT2D eigenvalue weighted by Gasteiger charge is -2.30. The molecule has 6 heteroatoms. The zero-order chi connectivity index (χ0) is 16.4. The lowest BCUT2D eigenvalue weighted by molar-refractivity contribution is 0.185. The van der Waals surface area contributed by atoms with Crippen molar-refractivity contribution >= 4 is 32.6 Å². The van der Waals surface area contributed by atoms with Gasteiger partial charge in [-0.1, -0.05) is 24.3 Å². The van der Waals surface area contributed by atoms with Crippen molar-refractivity contribution in [2.24, 2.45) is 5.92 Å². The first kappa shape index (κ1) is 15.5. The molecule has 1 aromatic carbocycles. The fourth-order valence-corrected chi connectivity index (χ4v) is 3.98. The van der Waals surface area contributed by atoms with Gasteiger partial charge in [-0.05, 0) is 55.6 Å². The molecule has 3 heterocycles. The van der Waals surface area contributed by atoms with E-state index in [0.717, 1.165) is 23.1 Å². The molecule has 0 aliphatic carbocycles. The molecule has 1 fully saturated rings. The van der Waals surface area contributed by atoms with Gasteiger partial charge < -0.3 is 5.32 Å². The Bertz CT molecular complexity index is 809. The topological polar surface area (TPSA) is 53.9 Å². The molecule has 24 heavy (non-hydrogen) atoms. The van der Waals surface area contributed by atoms with E-state index in [-0.39, 0.29) is 0 Å². The Morgan fingerprint density at radius 2 is 2.00 bits per heavy atom. The molecule has 1 aliphatic heterocycles. The highest BCUT2D eigenvalue weighted by molar-refractivity contribution is 7.22. The van der Waals surface area contributed by atoms with Crippen LogP contribution in [0.2, 0.25) is 0 Å². The van der Waals surface area contributed by atoms with Crippen LogP contribution in [0.4, 0.5) is 11.1 Å². The maximum atomic E-state index is 4.62. The number of hydrogen-bond donors (Lipinski definition) is 1. The Balaban J connectivity index is 1.49. The van der Waals surface area contributed by atoms with Gasteiger partial charge in [-0.3, -0.25) is 4.90 Å². The van der Waals surface area contributed by atoms with Gasteiger partial charge in [-0.25, -0.2) is 15.0 Å². The van der Waals surface area contributed by atoms with E-state index in [0.29, 0.717) is 5.95 Å². The molecule has 124 valence electrons. The summed E-state index contributed by atoms with van der Waals surface area (Å²) in [5.74, 6) is 1.46. The standard InChI is InChI=1S/C18H21N5S/c1-13-5-9-23(10-6-13)12-14-3-4-15-16(11-14)24-18(21-15)22-17-19-7-2-8-20-17/h2-4,7-8,11,13H,5-6,9-10,12H2,1H3,(H,19,20,21,22). The molecule has 3 aromatic rings. The molecule has 4 rings (SSSR count). The molecule has 0 spiro atoms. The fourth-order valence-electron chi connectivity index (χ4n) is 3.06. The molecule has 1 saturated heterocycles. The first-order valence-corrected chi connectivity index (χ1v) is 9.24. The number of thiazole rings is 1. The third kappa shape index (κ3) is 3.55. The summed E-state index contributed by atoms with van der Waals surface area (Å²) in [5, 5.41) is 4.01. The molecule has 0 saturated carbocycles. The van der Waals surface area contributed by atoms with E-state index in [1.165, 1.54) is 36.2 Å². The SMILES string of the molecule is CC1CCN(Cc2ccc3nc(Nc4ncccn4)sc3c2)CC1. The Kier molecular flexibility index (Phi) is 4.40. The summed E-state index contributed by atoms with van der Waals surface area (Å²) in [6, 6.07) is 8.38. The third-order valence-corrected chi connectivity index (χ3v) is 5.45. The number of benzene rings is 1. The van der Waals surface area contributed by atoms with E-state index in [1.54, 1.807) is 29.8 Å². The van der Waals surface area contributed by atoms with Crippen molar-refractivity contribution in [3.05, 3.63) is 42.2 Å². The van der Waals surface area contributed by atoms with Crippen LogP contribution in [0.5, 0.6) is 0 Å². The second-order valence-electron chi connectivity index (χ2n) is 6.48. The number of nitrogens with zero attached hydrogens (tertiary/aromatic N) is 4. The highest BCUT2D eigenvalue weighted by atomic mass is 32.1. The second kappa shape index (κ2) is 6.83. The van der Waals surface area contributed by atoms with Gasteiger partial charge in [0.1, 0.15) is 0 Å². The third-order valence-electron chi connectivity index (χ3n) is 4.52. The van der Waals surface area contributed by atoms with Crippen LogP contribution in [0, 0.1) is 5.92 Å². The van der Waals surface area contributed by atoms with Gasteiger partial charge in [-0.15, -0.1) is 0 Å². The normalized spacial score (nSPS) is 16.5. The van der Waals surface area contributed by atoms with Gasteiger partial charge in [0.2, 0.25) is 5.95 Å². The van der Waals surface area contributed by atoms with Crippen LogP contribution < -0.4 is 5.32 Å². The Morgan fingerprint density at radius 1 is 1.21 bits per heavy atom. The van der Waals surface area contributed by atoms with Gasteiger partial charge >= 0.3 is 0 Å². The van der Waals surface area contributed by atoms with Gasteiger partial charge in [0.25, 0.3) is 0 Å². The van der Waals surface area contributed by atoms with E-state index in [2.05, 4.69) is 50.3 Å². The summed E-state index contributed by atoms with van der Waals surface area (Å²) in [6.45, 7) is 5.80. The number of rotatable bonds is 4. The number of aromatic nitrogens is 3. The van der Waals surface area contributed by atoms with E-state index in [4.69, 9.17) is 0 Å². The van der Waals surface area contributed by atoms with Crippen LogP contribution in [0.15, 0.2) is 36.7 Å². The average molecular weight is 339 g/mol. The molecule has 2 aromatic heterocycles. The van der Waals surface area contributed by atoms with Crippen LogP contribution in [-0.2, 0) is 6.54 Å². The summed E-state index contributed by atoms with van der Waals surface area (Å²) in [4.78, 5) is 15.5. The summed E-state index contributed by atoms with van der Waals surface area (Å²) < 4.78 is 1.20. The Hall–Kier alpha value is -2.05. The molecule has 0 atom stereocenters. The van der Waals surface area contributed by atoms with Crippen LogP contribution in [0.25, 0.3) is 10.2 Å². The van der Waals surface area contributed by atoms with Crippen LogP contribution in [0.3, 0.4) is 0 Å². The van der Waals surface area contributed by atoms with E-state index in [9.17, 15) is 0 Å². The lowest BCUT2D eigenvalue weighted by atomic mass is 9.99. The number of fused-ring (bicyclic) bond motifs is 1. The van der Waals surface area contributed by atoms with E-state index >= 15 is 0 Å². The number of piperidine rings is 1. The molecular formula is C18H21N5S. The van der Waals surface area contributed by atoms with Gasteiger partial charge in [0, 0.05) is 18.9 Å². The van der Waals surface area contributed by atoms with E-state index in [1.807, 2.05) is 0 Å². The number of nitrogens with one attached hydrogen (secondary N) is 1. The first-order chi connectivity index (χ1) is 11.8. The van der Waals surface area contributed by atoms with Gasteiger partial charge in [0.05, 0.1) is 10.2 Å². The minimum Gasteiger partial charge on any atom is -0.300 e. The molecule has 0 amide bonds. The van der Waals surface area contributed by atoms with Crippen molar-refractivity contribution in [1.29, 1.82) is 0 Å². The van der Waals surface area contributed by atoms with Crippen molar-refractivity contribution in [3.8, 4) is 0 Å². The van der Waals surface area contributed by atoms with Crippen molar-refractivity contribution < 1.29 is 0 Å². The van der Waals surface area contributed by atoms with Crippen LogP contribution in [-0.4, -0.2) is 32.9 Å². The molecule has 0 radical (unpaired) electrons. The number of hydrogen-bond acceptors (Lipinski definition) is 6. The maximum Gasteiger partial charge on any atom is 0.228 e. The Morgan fingerprint density at radius 3 is 2.79 bits per heavy atom. The second-order valence-corrected chi connectivity index (χ2v) is 7.51. The zero-order valence-electron chi connectivity index (χ0n) is 13.8. The smallest absolute Gasteiger partial charge is 0.228 e. The number of likely N-dealkylation sites (tertiary alicyclic amines) is 1. The monoisotopic (exact) mass is 339 g/mol. The largest absolute Gasteiger partial charge is 0.300 e. The van der Waals surface area contributed by atoms with Gasteiger partial charge in [0.15, 0.2) is 5.13 Å². The van der Waals surface area contributed by atoms with Crippen molar-refractivity contribution in [1.82, 2.24) is 19.9 Å². The van der Waals surface area contributed by atoms with Gasteiger partial charge in [-0.2, -0.15) is 0 Å². The number of anilines is 2. The predicted octanol–water partition coefficient (Wildman–Crippen LogP) is 4.06. The zero-order valence-corrected chi connectivity index (χ0v) is 14.6.